The van der Waals surface area contributed by atoms with Gasteiger partial charge in [-0.25, -0.2) is 0 Å². The molecule has 0 amide bonds. The number of hydrogen-bond acceptors (Lipinski definition) is 1. The molecule has 0 saturated carbocycles. The summed E-state index contributed by atoms with van der Waals surface area (Å²) < 4.78 is 5.66. The van der Waals surface area contributed by atoms with Crippen molar-refractivity contribution < 1.29 is 4.74 Å². The number of ether oxygens (including phenoxy) is 1. The number of unbranched alkanes of at least 4 members (excludes halogenated alkanes) is 1. The summed E-state index contributed by atoms with van der Waals surface area (Å²) in [7, 11) is 0. The summed E-state index contributed by atoms with van der Waals surface area (Å²) >= 11 is 5.77. The summed E-state index contributed by atoms with van der Waals surface area (Å²) in [6.45, 7) is 4.20. The normalized spacial score (nSPS) is 12.5. The number of benzene rings is 1. The largest absolute Gasteiger partial charge is 0.490 e. The maximum absolute atomic E-state index is 5.77. The summed E-state index contributed by atoms with van der Waals surface area (Å²) in [6.07, 6.45) is 4.59. The van der Waals surface area contributed by atoms with E-state index >= 15 is 0 Å². The highest BCUT2D eigenvalue weighted by Crippen LogP contribution is 2.17. The zero-order valence-electron chi connectivity index (χ0n) is 8.66. The summed E-state index contributed by atoms with van der Waals surface area (Å²) in [5, 5.41) is 0.738. The molecule has 0 aromatic heterocycles. The van der Waals surface area contributed by atoms with Gasteiger partial charge in [0, 0.05) is 11.4 Å². The third kappa shape index (κ3) is 4.01. The van der Waals surface area contributed by atoms with Crippen molar-refractivity contribution in [3.8, 4) is 5.75 Å². The van der Waals surface area contributed by atoms with E-state index < -0.39 is 0 Å². The Labute approximate surface area is 91.0 Å². The molecule has 1 radical (unpaired) electrons. The van der Waals surface area contributed by atoms with Gasteiger partial charge >= 0.3 is 0 Å². The van der Waals surface area contributed by atoms with Crippen molar-refractivity contribution >= 4 is 11.6 Å². The van der Waals surface area contributed by atoms with Crippen molar-refractivity contribution in [1.82, 2.24) is 0 Å². The van der Waals surface area contributed by atoms with Crippen molar-refractivity contribution in [2.75, 3.05) is 0 Å². The Balaban J connectivity index is 2.39. The van der Waals surface area contributed by atoms with Crippen molar-refractivity contribution in [2.45, 2.75) is 32.8 Å². The second-order valence-electron chi connectivity index (χ2n) is 3.30. The topological polar surface area (TPSA) is 9.23 Å². The predicted octanol–water partition coefficient (Wildman–Crippen LogP) is 4.11. The predicted molar refractivity (Wildman–Crippen MR) is 60.8 cm³/mol. The molecule has 14 heavy (non-hydrogen) atoms. The van der Waals surface area contributed by atoms with Gasteiger partial charge in [-0.2, -0.15) is 0 Å². The zero-order chi connectivity index (χ0) is 10.4. The molecule has 0 saturated heterocycles. The van der Waals surface area contributed by atoms with Crippen molar-refractivity contribution in [1.29, 1.82) is 0 Å². The minimum atomic E-state index is 0.163. The van der Waals surface area contributed by atoms with E-state index in [2.05, 4.69) is 13.3 Å². The molecule has 0 aliphatic heterocycles. The molecule has 0 spiro atoms. The van der Waals surface area contributed by atoms with E-state index in [0.717, 1.165) is 23.6 Å². The van der Waals surface area contributed by atoms with Crippen LogP contribution in [0, 0.1) is 6.42 Å². The fourth-order valence-corrected chi connectivity index (χ4v) is 1.30. The second-order valence-corrected chi connectivity index (χ2v) is 3.74. The third-order valence-corrected chi connectivity index (χ3v) is 2.17. The molecule has 0 heterocycles. The van der Waals surface area contributed by atoms with Crippen LogP contribution in [0.2, 0.25) is 5.02 Å². The highest BCUT2D eigenvalue weighted by atomic mass is 35.5. The third-order valence-electron chi connectivity index (χ3n) is 1.92. The van der Waals surface area contributed by atoms with E-state index in [1.807, 2.05) is 31.2 Å². The number of halogens is 1. The van der Waals surface area contributed by atoms with E-state index in [-0.39, 0.29) is 6.10 Å². The molecular weight excluding hydrogens is 196 g/mol. The van der Waals surface area contributed by atoms with Crippen LogP contribution in [0.25, 0.3) is 0 Å². The first-order valence-electron chi connectivity index (χ1n) is 4.98. The van der Waals surface area contributed by atoms with Crippen LogP contribution in [-0.4, -0.2) is 6.10 Å². The molecule has 1 atom stereocenters. The Bertz CT molecular complexity index is 256. The van der Waals surface area contributed by atoms with Gasteiger partial charge in [-0.15, -0.1) is 0 Å². The maximum atomic E-state index is 5.77. The van der Waals surface area contributed by atoms with Crippen LogP contribution in [-0.2, 0) is 0 Å². The van der Waals surface area contributed by atoms with Gasteiger partial charge in [-0.1, -0.05) is 24.9 Å². The Hall–Kier alpha value is -0.690. The Morgan fingerprint density at radius 2 is 2.00 bits per heavy atom. The average molecular weight is 212 g/mol. The molecule has 0 aliphatic carbocycles. The fraction of sp³-hybridized carbons (Fsp3) is 0.417. The molecule has 1 unspecified atom stereocenters. The Morgan fingerprint density at radius 1 is 1.36 bits per heavy atom. The van der Waals surface area contributed by atoms with Crippen molar-refractivity contribution in [2.24, 2.45) is 0 Å². The van der Waals surface area contributed by atoms with E-state index in [0.29, 0.717) is 0 Å². The van der Waals surface area contributed by atoms with Crippen LogP contribution < -0.4 is 4.74 Å². The minimum Gasteiger partial charge on any atom is -0.490 e. The lowest BCUT2D eigenvalue weighted by atomic mass is 10.2. The van der Waals surface area contributed by atoms with Crippen molar-refractivity contribution in [3.63, 3.8) is 0 Å². The maximum Gasteiger partial charge on any atom is 0.119 e. The Kier molecular flexibility index (Phi) is 4.81. The van der Waals surface area contributed by atoms with Crippen LogP contribution in [0.15, 0.2) is 24.3 Å². The smallest absolute Gasteiger partial charge is 0.119 e. The van der Waals surface area contributed by atoms with Crippen LogP contribution >= 0.6 is 11.6 Å². The number of hydrogen-bond donors (Lipinski definition) is 0. The summed E-state index contributed by atoms with van der Waals surface area (Å²) in [4.78, 5) is 0. The molecule has 1 nitrogen and oxygen atoms in total. The van der Waals surface area contributed by atoms with Gasteiger partial charge in [0.2, 0.25) is 0 Å². The molecule has 0 aliphatic rings. The summed E-state index contributed by atoms with van der Waals surface area (Å²) in [6, 6.07) is 7.45. The van der Waals surface area contributed by atoms with Crippen molar-refractivity contribution in [3.05, 3.63) is 35.7 Å². The first kappa shape index (κ1) is 11.4. The monoisotopic (exact) mass is 211 g/mol. The van der Waals surface area contributed by atoms with Crippen LogP contribution in [0.4, 0.5) is 0 Å². The molecule has 77 valence electrons. The lowest BCUT2D eigenvalue weighted by molar-refractivity contribution is 0.249. The van der Waals surface area contributed by atoms with E-state index in [1.54, 1.807) is 0 Å². The molecule has 0 N–H and O–H groups in total. The standard InChI is InChI=1S/C12H16ClO/c1-3-4-5-10(2)14-12-8-6-11(13)7-9-12/h5-10H,3-4H2,1-2H3. The molecule has 0 fully saturated rings. The van der Waals surface area contributed by atoms with Gasteiger partial charge in [-0.05, 0) is 37.6 Å². The van der Waals surface area contributed by atoms with Gasteiger partial charge in [-0.3, -0.25) is 0 Å². The summed E-state index contributed by atoms with van der Waals surface area (Å²) in [5.41, 5.74) is 0. The highest BCUT2D eigenvalue weighted by Gasteiger charge is 2.02. The molecule has 1 aromatic rings. The van der Waals surface area contributed by atoms with E-state index in [1.165, 1.54) is 0 Å². The minimum absolute atomic E-state index is 0.163. The Morgan fingerprint density at radius 3 is 2.57 bits per heavy atom. The van der Waals surface area contributed by atoms with Gasteiger partial charge in [0.15, 0.2) is 0 Å². The first-order valence-corrected chi connectivity index (χ1v) is 5.35. The van der Waals surface area contributed by atoms with Gasteiger partial charge in [0.25, 0.3) is 0 Å². The number of rotatable bonds is 5. The molecule has 0 bridgehead atoms. The van der Waals surface area contributed by atoms with E-state index in [9.17, 15) is 0 Å². The first-order chi connectivity index (χ1) is 6.72. The zero-order valence-corrected chi connectivity index (χ0v) is 9.42. The van der Waals surface area contributed by atoms with Gasteiger partial charge in [0.1, 0.15) is 5.75 Å². The summed E-state index contributed by atoms with van der Waals surface area (Å²) in [5.74, 6) is 0.870. The van der Waals surface area contributed by atoms with Crippen LogP contribution in [0.1, 0.15) is 26.7 Å². The lowest BCUT2D eigenvalue weighted by Gasteiger charge is -2.13. The molecular formula is C12H16ClO. The van der Waals surface area contributed by atoms with Crippen LogP contribution in [0.3, 0.4) is 0 Å². The second kappa shape index (κ2) is 5.92. The van der Waals surface area contributed by atoms with Gasteiger partial charge < -0.3 is 4.74 Å². The van der Waals surface area contributed by atoms with Crippen LogP contribution in [0.5, 0.6) is 5.75 Å². The van der Waals surface area contributed by atoms with Gasteiger partial charge in [0.05, 0.1) is 6.10 Å². The highest BCUT2D eigenvalue weighted by molar-refractivity contribution is 6.30. The molecule has 1 rings (SSSR count). The molecule has 1 aromatic carbocycles. The lowest BCUT2D eigenvalue weighted by Crippen LogP contribution is -2.11. The average Bonchev–Trinajstić information content (AvgIpc) is 2.18. The quantitative estimate of drug-likeness (QED) is 0.712. The van der Waals surface area contributed by atoms with E-state index in [4.69, 9.17) is 16.3 Å². The fourth-order valence-electron chi connectivity index (χ4n) is 1.18. The molecule has 2 heteroatoms. The SMILES string of the molecule is CCC[CH]C(C)Oc1ccc(Cl)cc1.